The highest BCUT2D eigenvalue weighted by atomic mass is 16.6. The van der Waals surface area contributed by atoms with Gasteiger partial charge in [0.1, 0.15) is 18.3 Å². The Morgan fingerprint density at radius 2 is 1.63 bits per heavy atom. The molecule has 4 aliphatic rings. The van der Waals surface area contributed by atoms with Crippen molar-refractivity contribution in [2.75, 3.05) is 6.61 Å². The average molecular weight is 579 g/mol. The number of fused-ring (bicyclic) bond motifs is 5. The third-order valence-electron chi connectivity index (χ3n) is 10.3. The minimum atomic E-state index is -1.76. The first-order valence-electron chi connectivity index (χ1n) is 14.1. The molecule has 4 aliphatic carbocycles. The van der Waals surface area contributed by atoms with Gasteiger partial charge in [0.25, 0.3) is 0 Å². The van der Waals surface area contributed by atoms with Gasteiger partial charge in [-0.15, -0.1) is 0 Å². The first-order valence-corrected chi connectivity index (χ1v) is 14.1. The number of aliphatic hydroxyl groups excluding tert-OH is 2. The predicted octanol–water partition coefficient (Wildman–Crippen LogP) is 1.02. The number of aliphatic hydroxyl groups is 3. The minimum Gasteiger partial charge on any atom is -0.481 e. The summed E-state index contributed by atoms with van der Waals surface area (Å²) in [5.41, 5.74) is -2.86. The third kappa shape index (κ3) is 5.37. The van der Waals surface area contributed by atoms with E-state index >= 15 is 0 Å². The van der Waals surface area contributed by atoms with E-state index in [2.05, 4.69) is 4.74 Å². The van der Waals surface area contributed by atoms with Crippen molar-refractivity contribution >= 4 is 35.4 Å². The maximum absolute atomic E-state index is 12.8. The van der Waals surface area contributed by atoms with Crippen molar-refractivity contribution < 1.29 is 58.7 Å². The van der Waals surface area contributed by atoms with E-state index in [-0.39, 0.29) is 36.9 Å². The second-order valence-electron chi connectivity index (χ2n) is 12.3. The number of ketones is 2. The van der Waals surface area contributed by atoms with Crippen LogP contribution in [0, 0.1) is 28.6 Å². The summed E-state index contributed by atoms with van der Waals surface area (Å²) in [5.74, 6) is -5.64. The molecule has 12 nitrogen and oxygen atoms in total. The number of carbonyl (C=O) groups is 6. The van der Waals surface area contributed by atoms with E-state index in [4.69, 9.17) is 9.84 Å². The third-order valence-corrected chi connectivity index (χ3v) is 10.3. The van der Waals surface area contributed by atoms with Gasteiger partial charge in [-0.3, -0.25) is 28.8 Å². The molecule has 0 radical (unpaired) electrons. The van der Waals surface area contributed by atoms with Crippen LogP contribution in [0.5, 0.6) is 0 Å². The molecule has 226 valence electrons. The lowest BCUT2D eigenvalue weighted by Gasteiger charge is -2.61. The van der Waals surface area contributed by atoms with Crippen LogP contribution in [0.15, 0.2) is 11.6 Å². The van der Waals surface area contributed by atoms with Crippen molar-refractivity contribution in [1.29, 1.82) is 0 Å². The fraction of sp³-hybridized carbons (Fsp3) is 0.724. The molecular formula is C29H38O12. The molecule has 0 bridgehead atoms. The first kappa shape index (κ1) is 31.0. The monoisotopic (exact) mass is 578 g/mol. The van der Waals surface area contributed by atoms with Crippen LogP contribution in [0.25, 0.3) is 0 Å². The van der Waals surface area contributed by atoms with Gasteiger partial charge in [0.15, 0.2) is 11.6 Å². The number of carbonyl (C=O) groups excluding carboxylic acids is 5. The highest BCUT2D eigenvalue weighted by molar-refractivity contribution is 5.93. The topological polar surface area (TPSA) is 202 Å². The van der Waals surface area contributed by atoms with Gasteiger partial charge in [-0.25, -0.2) is 0 Å². The number of hydrogen-bond acceptors (Lipinski definition) is 11. The zero-order valence-corrected chi connectivity index (χ0v) is 23.3. The standard InChI is InChI=1S/C29H38O12/c1-27-13-19(32)26-17(18(27)9-10-29(27,39)20(33)14-30)4-3-15-11-16(31)12-21(28(15,26)2)40-23(36)7-8-25(38)41-24(37)6-5-22(34)35/h11,17-19,21,26,30,32,39H,3-10,12-14H2,1-2H3,(H,34,35)/t17-,18-,19-,21?,26+,27-,28+,29-/m0/s1. The Kier molecular flexibility index (Phi) is 8.60. The second-order valence-corrected chi connectivity index (χ2v) is 12.3. The van der Waals surface area contributed by atoms with E-state index < -0.39 is 96.5 Å². The van der Waals surface area contributed by atoms with E-state index in [1.807, 2.05) is 6.92 Å². The molecule has 0 saturated heterocycles. The number of Topliss-reactive ketones (excluding diaryl/α,β-unsaturated/α-hetero) is 1. The second kappa shape index (κ2) is 11.4. The Hall–Kier alpha value is -2.96. The molecule has 4 N–H and O–H groups in total. The summed E-state index contributed by atoms with van der Waals surface area (Å²) in [5, 5.41) is 41.2. The zero-order valence-electron chi connectivity index (χ0n) is 23.3. The lowest BCUT2D eigenvalue weighted by molar-refractivity contribution is -0.197. The molecule has 1 unspecified atom stereocenters. The lowest BCUT2D eigenvalue weighted by atomic mass is 9.44. The molecule has 0 aliphatic heterocycles. The van der Waals surface area contributed by atoms with E-state index in [9.17, 15) is 44.1 Å². The Labute approximate surface area is 237 Å². The van der Waals surface area contributed by atoms with Crippen molar-refractivity contribution in [3.8, 4) is 0 Å². The molecule has 0 aromatic rings. The molecule has 4 rings (SSSR count). The van der Waals surface area contributed by atoms with Crippen molar-refractivity contribution in [3.63, 3.8) is 0 Å². The Morgan fingerprint density at radius 3 is 2.27 bits per heavy atom. The fourth-order valence-corrected chi connectivity index (χ4v) is 8.32. The van der Waals surface area contributed by atoms with Crippen LogP contribution in [0.4, 0.5) is 0 Å². The van der Waals surface area contributed by atoms with Gasteiger partial charge < -0.3 is 29.9 Å². The predicted molar refractivity (Wildman–Crippen MR) is 138 cm³/mol. The number of esters is 3. The van der Waals surface area contributed by atoms with E-state index in [0.717, 1.165) is 5.57 Å². The van der Waals surface area contributed by atoms with E-state index in [1.165, 1.54) is 0 Å². The molecule has 0 spiro atoms. The van der Waals surface area contributed by atoms with Crippen molar-refractivity contribution in [1.82, 2.24) is 0 Å². The van der Waals surface area contributed by atoms with Crippen LogP contribution >= 0.6 is 0 Å². The lowest BCUT2D eigenvalue weighted by Crippen LogP contribution is -2.64. The summed E-state index contributed by atoms with van der Waals surface area (Å²) in [4.78, 5) is 72.2. The Morgan fingerprint density at radius 1 is 1.00 bits per heavy atom. The number of ether oxygens (including phenoxy) is 2. The van der Waals surface area contributed by atoms with Gasteiger partial charge in [0, 0.05) is 23.2 Å². The number of rotatable bonds is 9. The summed E-state index contributed by atoms with van der Waals surface area (Å²) in [7, 11) is 0. The van der Waals surface area contributed by atoms with Crippen LogP contribution in [-0.2, 0) is 38.2 Å². The highest BCUT2D eigenvalue weighted by Gasteiger charge is 2.69. The van der Waals surface area contributed by atoms with Crippen molar-refractivity contribution in [2.24, 2.45) is 28.6 Å². The molecule has 3 saturated carbocycles. The normalized spacial score (nSPS) is 37.6. The van der Waals surface area contributed by atoms with Gasteiger partial charge in [-0.05, 0) is 50.0 Å². The molecule has 12 heteroatoms. The van der Waals surface area contributed by atoms with E-state index in [0.29, 0.717) is 19.3 Å². The zero-order chi connectivity index (χ0) is 30.3. The molecule has 0 heterocycles. The maximum atomic E-state index is 12.8. The van der Waals surface area contributed by atoms with Crippen LogP contribution in [0.2, 0.25) is 0 Å². The number of carboxylic acid groups (broad SMARTS) is 1. The number of carboxylic acids is 1. The fourth-order valence-electron chi connectivity index (χ4n) is 8.32. The van der Waals surface area contributed by atoms with Crippen LogP contribution in [0.1, 0.15) is 78.1 Å². The summed E-state index contributed by atoms with van der Waals surface area (Å²) in [6.07, 6.45) is -0.458. The molecule has 41 heavy (non-hydrogen) atoms. The number of hydrogen-bond donors (Lipinski definition) is 4. The SMILES string of the molecule is C[C@]12C[C@H](O)[C@H]3[C@@H](CCC4=CC(=O)CC(OC(=O)CCC(=O)OC(=O)CCC(=O)O)[C@@]43C)[C@@H]1CC[C@]2(O)C(=O)CO. The molecule has 0 aromatic heterocycles. The smallest absolute Gasteiger partial charge is 0.314 e. The van der Waals surface area contributed by atoms with Crippen LogP contribution in [0.3, 0.4) is 0 Å². The van der Waals surface area contributed by atoms with Crippen molar-refractivity contribution in [2.45, 2.75) is 95.9 Å². The van der Waals surface area contributed by atoms with Crippen molar-refractivity contribution in [3.05, 3.63) is 11.6 Å². The van der Waals surface area contributed by atoms with Crippen LogP contribution in [-0.4, -0.2) is 80.3 Å². The highest BCUT2D eigenvalue weighted by Crippen LogP contribution is 2.67. The summed E-state index contributed by atoms with van der Waals surface area (Å²) in [6, 6.07) is 0. The molecule has 0 aromatic carbocycles. The molecule has 3 fully saturated rings. The Balaban J connectivity index is 1.50. The number of aliphatic carboxylic acids is 1. The van der Waals surface area contributed by atoms with E-state index in [1.54, 1.807) is 13.0 Å². The minimum absolute atomic E-state index is 0.0975. The van der Waals surface area contributed by atoms with Gasteiger partial charge in [0.05, 0.1) is 31.8 Å². The molecular weight excluding hydrogens is 540 g/mol. The molecule has 0 amide bonds. The average Bonchev–Trinajstić information content (AvgIpc) is 3.17. The Bertz CT molecular complexity index is 1170. The summed E-state index contributed by atoms with van der Waals surface area (Å²) in [6.45, 7) is 2.86. The first-order chi connectivity index (χ1) is 19.2. The molecule has 8 atom stereocenters. The largest absolute Gasteiger partial charge is 0.481 e. The van der Waals surface area contributed by atoms with Gasteiger partial charge in [-0.1, -0.05) is 19.4 Å². The van der Waals surface area contributed by atoms with Gasteiger partial charge >= 0.3 is 23.9 Å². The van der Waals surface area contributed by atoms with Crippen LogP contribution < -0.4 is 0 Å². The van der Waals surface area contributed by atoms with Gasteiger partial charge in [0.2, 0.25) is 0 Å². The maximum Gasteiger partial charge on any atom is 0.314 e. The summed E-state index contributed by atoms with van der Waals surface area (Å²) >= 11 is 0. The quantitative estimate of drug-likeness (QED) is 0.224. The summed E-state index contributed by atoms with van der Waals surface area (Å²) < 4.78 is 10.3. The van der Waals surface area contributed by atoms with Gasteiger partial charge in [-0.2, -0.15) is 0 Å².